The number of benzene rings is 2. The molecule has 0 aliphatic rings. The molecule has 0 bridgehead atoms. The molecular weight excluding hydrogens is 264 g/mol. The predicted molar refractivity (Wildman–Crippen MR) is 84.1 cm³/mol. The zero-order valence-corrected chi connectivity index (χ0v) is 13.0. The molecule has 1 atom stereocenters. The SMILES string of the molecule is COc1cccc(C(O)COc2c(C)ccc(C)c2C)c1. The van der Waals surface area contributed by atoms with Gasteiger partial charge in [-0.15, -0.1) is 0 Å². The van der Waals surface area contributed by atoms with E-state index in [1.54, 1.807) is 7.11 Å². The van der Waals surface area contributed by atoms with E-state index in [9.17, 15) is 5.11 Å². The van der Waals surface area contributed by atoms with Crippen molar-refractivity contribution in [3.63, 3.8) is 0 Å². The summed E-state index contributed by atoms with van der Waals surface area (Å²) in [6.45, 7) is 6.33. The molecule has 0 saturated heterocycles. The van der Waals surface area contributed by atoms with Crippen LogP contribution in [0.25, 0.3) is 0 Å². The zero-order valence-electron chi connectivity index (χ0n) is 13.0. The Morgan fingerprint density at radius 1 is 1.05 bits per heavy atom. The second-order valence-corrected chi connectivity index (χ2v) is 5.26. The molecule has 3 nitrogen and oxygen atoms in total. The van der Waals surface area contributed by atoms with Crippen LogP contribution in [0.4, 0.5) is 0 Å². The highest BCUT2D eigenvalue weighted by atomic mass is 16.5. The van der Waals surface area contributed by atoms with E-state index in [-0.39, 0.29) is 6.61 Å². The van der Waals surface area contributed by atoms with Crippen LogP contribution in [0, 0.1) is 20.8 Å². The average Bonchev–Trinajstić information content (AvgIpc) is 2.51. The number of aliphatic hydroxyl groups excluding tert-OH is 1. The van der Waals surface area contributed by atoms with Crippen LogP contribution in [-0.2, 0) is 0 Å². The normalized spacial score (nSPS) is 12.0. The maximum absolute atomic E-state index is 10.3. The molecule has 0 aromatic heterocycles. The average molecular weight is 286 g/mol. The van der Waals surface area contributed by atoms with Gasteiger partial charge < -0.3 is 14.6 Å². The van der Waals surface area contributed by atoms with Crippen molar-refractivity contribution in [2.45, 2.75) is 26.9 Å². The molecule has 0 spiro atoms. The predicted octanol–water partition coefficient (Wildman–Crippen LogP) is 3.73. The van der Waals surface area contributed by atoms with Gasteiger partial charge in [0.05, 0.1) is 7.11 Å². The summed E-state index contributed by atoms with van der Waals surface area (Å²) in [6.07, 6.45) is -0.681. The molecule has 0 aliphatic carbocycles. The minimum Gasteiger partial charge on any atom is -0.497 e. The topological polar surface area (TPSA) is 38.7 Å². The van der Waals surface area contributed by atoms with Crippen molar-refractivity contribution in [1.29, 1.82) is 0 Å². The highest BCUT2D eigenvalue weighted by Crippen LogP contribution is 2.27. The minimum absolute atomic E-state index is 0.221. The Morgan fingerprint density at radius 3 is 2.48 bits per heavy atom. The van der Waals surface area contributed by atoms with E-state index in [1.165, 1.54) is 5.56 Å². The van der Waals surface area contributed by atoms with Crippen LogP contribution < -0.4 is 9.47 Å². The van der Waals surface area contributed by atoms with Crippen molar-refractivity contribution in [3.8, 4) is 11.5 Å². The monoisotopic (exact) mass is 286 g/mol. The van der Waals surface area contributed by atoms with Gasteiger partial charge in [0.15, 0.2) is 0 Å². The van der Waals surface area contributed by atoms with Crippen LogP contribution >= 0.6 is 0 Å². The van der Waals surface area contributed by atoms with Crippen molar-refractivity contribution in [1.82, 2.24) is 0 Å². The van der Waals surface area contributed by atoms with Gasteiger partial charge in [-0.05, 0) is 55.2 Å². The number of ether oxygens (including phenoxy) is 2. The first kappa shape index (κ1) is 15.4. The summed E-state index contributed by atoms with van der Waals surface area (Å²) in [5.74, 6) is 1.59. The first-order valence-electron chi connectivity index (χ1n) is 7.04. The van der Waals surface area contributed by atoms with E-state index >= 15 is 0 Å². The van der Waals surface area contributed by atoms with Gasteiger partial charge in [0, 0.05) is 0 Å². The molecule has 2 aromatic carbocycles. The van der Waals surface area contributed by atoms with Crippen LogP contribution in [0.1, 0.15) is 28.4 Å². The van der Waals surface area contributed by atoms with Gasteiger partial charge in [0.2, 0.25) is 0 Å². The molecule has 0 saturated carbocycles. The van der Waals surface area contributed by atoms with E-state index in [0.717, 1.165) is 28.2 Å². The second kappa shape index (κ2) is 6.64. The molecule has 2 rings (SSSR count). The van der Waals surface area contributed by atoms with Gasteiger partial charge in [-0.3, -0.25) is 0 Å². The largest absolute Gasteiger partial charge is 0.497 e. The van der Waals surface area contributed by atoms with E-state index in [0.29, 0.717) is 0 Å². The quantitative estimate of drug-likeness (QED) is 0.910. The molecule has 0 fully saturated rings. The Kier molecular flexibility index (Phi) is 4.86. The van der Waals surface area contributed by atoms with Gasteiger partial charge in [-0.25, -0.2) is 0 Å². The van der Waals surface area contributed by atoms with E-state index in [1.807, 2.05) is 44.2 Å². The molecule has 1 N–H and O–H groups in total. The first-order valence-corrected chi connectivity index (χ1v) is 7.04. The third-order valence-corrected chi connectivity index (χ3v) is 3.74. The summed E-state index contributed by atoms with van der Waals surface area (Å²) >= 11 is 0. The fourth-order valence-corrected chi connectivity index (χ4v) is 2.25. The van der Waals surface area contributed by atoms with Crippen LogP contribution in [0.15, 0.2) is 36.4 Å². The smallest absolute Gasteiger partial charge is 0.125 e. The van der Waals surface area contributed by atoms with Crippen LogP contribution in [-0.4, -0.2) is 18.8 Å². The number of hydrogen-bond donors (Lipinski definition) is 1. The Bertz CT molecular complexity index is 620. The summed E-state index contributed by atoms with van der Waals surface area (Å²) < 4.78 is 11.0. The van der Waals surface area contributed by atoms with Crippen molar-refractivity contribution in [2.75, 3.05) is 13.7 Å². The van der Waals surface area contributed by atoms with Gasteiger partial charge in [0.1, 0.15) is 24.2 Å². The number of rotatable bonds is 5. The lowest BCUT2D eigenvalue weighted by molar-refractivity contribution is 0.107. The summed E-state index contributed by atoms with van der Waals surface area (Å²) in [4.78, 5) is 0. The summed E-state index contributed by atoms with van der Waals surface area (Å²) in [5, 5.41) is 10.3. The van der Waals surface area contributed by atoms with Crippen molar-refractivity contribution >= 4 is 0 Å². The zero-order chi connectivity index (χ0) is 15.4. The van der Waals surface area contributed by atoms with E-state index in [2.05, 4.69) is 13.0 Å². The Morgan fingerprint density at radius 2 is 1.76 bits per heavy atom. The van der Waals surface area contributed by atoms with Gasteiger partial charge in [-0.1, -0.05) is 24.3 Å². The van der Waals surface area contributed by atoms with Gasteiger partial charge in [-0.2, -0.15) is 0 Å². The summed E-state index contributed by atoms with van der Waals surface area (Å²) in [5.41, 5.74) is 4.17. The van der Waals surface area contributed by atoms with Crippen LogP contribution in [0.2, 0.25) is 0 Å². The molecule has 112 valence electrons. The number of hydrogen-bond acceptors (Lipinski definition) is 3. The van der Waals surface area contributed by atoms with Gasteiger partial charge >= 0.3 is 0 Å². The molecule has 21 heavy (non-hydrogen) atoms. The third-order valence-electron chi connectivity index (χ3n) is 3.74. The number of aryl methyl sites for hydroxylation is 2. The third kappa shape index (κ3) is 3.56. The molecule has 2 aromatic rings. The minimum atomic E-state index is -0.681. The maximum Gasteiger partial charge on any atom is 0.125 e. The summed E-state index contributed by atoms with van der Waals surface area (Å²) in [6, 6.07) is 11.5. The van der Waals surface area contributed by atoms with Crippen LogP contribution in [0.5, 0.6) is 11.5 Å². The van der Waals surface area contributed by atoms with E-state index < -0.39 is 6.10 Å². The molecule has 0 amide bonds. The van der Waals surface area contributed by atoms with Crippen LogP contribution in [0.3, 0.4) is 0 Å². The lowest BCUT2D eigenvalue weighted by Gasteiger charge is -2.17. The molecule has 0 aliphatic heterocycles. The molecule has 3 heteroatoms. The molecule has 0 radical (unpaired) electrons. The molecule has 0 heterocycles. The lowest BCUT2D eigenvalue weighted by Crippen LogP contribution is -2.11. The highest BCUT2D eigenvalue weighted by Gasteiger charge is 2.12. The Balaban J connectivity index is 2.11. The second-order valence-electron chi connectivity index (χ2n) is 5.26. The standard InChI is InChI=1S/C18H22O3/c1-12-8-9-13(2)18(14(12)3)21-11-17(19)15-6-5-7-16(10-15)20-4/h5-10,17,19H,11H2,1-4H3. The molecule has 1 unspecified atom stereocenters. The van der Waals surface area contributed by atoms with E-state index in [4.69, 9.17) is 9.47 Å². The maximum atomic E-state index is 10.3. The highest BCUT2D eigenvalue weighted by molar-refractivity contribution is 5.44. The first-order chi connectivity index (χ1) is 10.0. The number of aliphatic hydroxyl groups is 1. The van der Waals surface area contributed by atoms with Gasteiger partial charge in [0.25, 0.3) is 0 Å². The Hall–Kier alpha value is -2.00. The lowest BCUT2D eigenvalue weighted by atomic mass is 10.1. The fourth-order valence-electron chi connectivity index (χ4n) is 2.25. The molecular formula is C18H22O3. The Labute approximate surface area is 126 Å². The van der Waals surface area contributed by atoms with Crippen molar-refractivity contribution in [2.24, 2.45) is 0 Å². The fraction of sp³-hybridized carbons (Fsp3) is 0.333. The van der Waals surface area contributed by atoms with Crippen molar-refractivity contribution < 1.29 is 14.6 Å². The number of methoxy groups -OCH3 is 1. The summed E-state index contributed by atoms with van der Waals surface area (Å²) in [7, 11) is 1.61. The van der Waals surface area contributed by atoms with Crippen molar-refractivity contribution in [3.05, 3.63) is 58.7 Å².